The molecule has 2 N–H and O–H groups in total. The molecule has 5 heteroatoms. The van der Waals surface area contributed by atoms with Gasteiger partial charge >= 0.3 is 5.97 Å². The first-order chi connectivity index (χ1) is 8.93. The van der Waals surface area contributed by atoms with E-state index in [4.69, 9.17) is 0 Å². The van der Waals surface area contributed by atoms with E-state index in [1.54, 1.807) is 19.1 Å². The van der Waals surface area contributed by atoms with Crippen LogP contribution in [-0.2, 0) is 4.79 Å². The Labute approximate surface area is 112 Å². The van der Waals surface area contributed by atoms with Gasteiger partial charge in [-0.15, -0.1) is 0 Å². The number of hydrogen-bond acceptors (Lipinski definition) is 3. The van der Waals surface area contributed by atoms with E-state index in [0.717, 1.165) is 12.1 Å². The normalized spacial score (nSPS) is 26.1. The van der Waals surface area contributed by atoms with Gasteiger partial charge in [-0.25, -0.2) is 0 Å². The number of aromatic nitrogens is 1. The Balaban J connectivity index is 2.10. The minimum absolute atomic E-state index is 0.258. The number of aliphatic carboxylic acids is 1. The molecule has 2 atom stereocenters. The van der Waals surface area contributed by atoms with Crippen LogP contribution in [0.5, 0.6) is 0 Å². The Bertz CT molecular complexity index is 498. The first-order valence-corrected chi connectivity index (χ1v) is 6.40. The highest BCUT2D eigenvalue weighted by Crippen LogP contribution is 2.38. The van der Waals surface area contributed by atoms with Gasteiger partial charge in [0.2, 0.25) is 0 Å². The van der Waals surface area contributed by atoms with Gasteiger partial charge in [-0.3, -0.25) is 14.6 Å². The predicted molar refractivity (Wildman–Crippen MR) is 69.8 cm³/mol. The van der Waals surface area contributed by atoms with E-state index in [1.807, 2.05) is 6.92 Å². The number of carboxylic acid groups (broad SMARTS) is 1. The van der Waals surface area contributed by atoms with Crippen LogP contribution in [0.4, 0.5) is 0 Å². The third kappa shape index (κ3) is 2.59. The maximum atomic E-state index is 12.1. The minimum atomic E-state index is -0.867. The molecule has 1 aromatic heterocycles. The van der Waals surface area contributed by atoms with Crippen LogP contribution in [0.2, 0.25) is 0 Å². The molecule has 1 aromatic rings. The lowest BCUT2D eigenvalue weighted by atomic mass is 9.85. The van der Waals surface area contributed by atoms with Crippen molar-refractivity contribution in [2.24, 2.45) is 5.41 Å². The number of aryl methyl sites for hydroxylation is 1. The fourth-order valence-corrected chi connectivity index (χ4v) is 2.50. The number of hydrogen-bond donors (Lipinski definition) is 2. The summed E-state index contributed by atoms with van der Waals surface area (Å²) < 4.78 is 0. The van der Waals surface area contributed by atoms with Gasteiger partial charge in [-0.2, -0.15) is 0 Å². The van der Waals surface area contributed by atoms with E-state index in [1.165, 1.54) is 6.20 Å². The molecule has 102 valence electrons. The highest BCUT2D eigenvalue weighted by molar-refractivity contribution is 5.94. The summed E-state index contributed by atoms with van der Waals surface area (Å²) >= 11 is 0. The van der Waals surface area contributed by atoms with E-state index in [0.29, 0.717) is 18.4 Å². The Kier molecular flexibility index (Phi) is 3.55. The summed E-state index contributed by atoms with van der Waals surface area (Å²) in [6.07, 6.45) is 3.63. The summed E-state index contributed by atoms with van der Waals surface area (Å²) in [7, 11) is 0. The SMILES string of the molecule is Cc1ccc(C(=O)NC2CCCC2(C)C(=O)O)cn1. The van der Waals surface area contributed by atoms with Crippen molar-refractivity contribution in [3.8, 4) is 0 Å². The quantitative estimate of drug-likeness (QED) is 0.870. The van der Waals surface area contributed by atoms with Crippen LogP contribution >= 0.6 is 0 Å². The Morgan fingerprint density at radius 2 is 2.21 bits per heavy atom. The average Bonchev–Trinajstić information content (AvgIpc) is 2.73. The Morgan fingerprint density at radius 3 is 2.79 bits per heavy atom. The number of carboxylic acids is 1. The molecule has 1 fully saturated rings. The number of amides is 1. The van der Waals surface area contributed by atoms with Crippen LogP contribution in [0.1, 0.15) is 42.2 Å². The smallest absolute Gasteiger partial charge is 0.311 e. The zero-order chi connectivity index (χ0) is 14.0. The van der Waals surface area contributed by atoms with Gasteiger partial charge in [-0.1, -0.05) is 6.42 Å². The summed E-state index contributed by atoms with van der Waals surface area (Å²) in [6.45, 7) is 3.54. The van der Waals surface area contributed by atoms with Crippen LogP contribution in [0.25, 0.3) is 0 Å². The highest BCUT2D eigenvalue weighted by Gasteiger charge is 2.45. The largest absolute Gasteiger partial charge is 0.481 e. The van der Waals surface area contributed by atoms with Crippen molar-refractivity contribution in [3.05, 3.63) is 29.6 Å². The van der Waals surface area contributed by atoms with Gasteiger partial charge in [0.25, 0.3) is 5.91 Å². The Hall–Kier alpha value is -1.91. The molecule has 0 spiro atoms. The van der Waals surface area contributed by atoms with Crippen molar-refractivity contribution < 1.29 is 14.7 Å². The number of pyridine rings is 1. The van der Waals surface area contributed by atoms with Gasteiger partial charge in [0.1, 0.15) is 0 Å². The van der Waals surface area contributed by atoms with Crippen molar-refractivity contribution >= 4 is 11.9 Å². The van der Waals surface area contributed by atoms with Crippen molar-refractivity contribution in [1.29, 1.82) is 0 Å². The number of nitrogens with one attached hydrogen (secondary N) is 1. The molecule has 2 rings (SSSR count). The molecule has 19 heavy (non-hydrogen) atoms. The predicted octanol–water partition coefficient (Wildman–Crippen LogP) is 1.76. The third-order valence-corrected chi connectivity index (χ3v) is 3.93. The van der Waals surface area contributed by atoms with Gasteiger partial charge in [-0.05, 0) is 38.8 Å². The van der Waals surface area contributed by atoms with Crippen LogP contribution in [-0.4, -0.2) is 28.0 Å². The summed E-state index contributed by atoms with van der Waals surface area (Å²) in [5, 5.41) is 12.1. The molecule has 0 radical (unpaired) electrons. The lowest BCUT2D eigenvalue weighted by Crippen LogP contribution is -2.47. The van der Waals surface area contributed by atoms with Gasteiger partial charge in [0.05, 0.1) is 11.0 Å². The van der Waals surface area contributed by atoms with Gasteiger partial charge in [0.15, 0.2) is 0 Å². The molecule has 0 bridgehead atoms. The number of carbonyl (C=O) groups excluding carboxylic acids is 1. The van der Waals surface area contributed by atoms with Crippen molar-refractivity contribution in [3.63, 3.8) is 0 Å². The lowest BCUT2D eigenvalue weighted by Gasteiger charge is -2.27. The van der Waals surface area contributed by atoms with Gasteiger partial charge < -0.3 is 10.4 Å². The van der Waals surface area contributed by atoms with E-state index in [9.17, 15) is 14.7 Å². The molecule has 1 saturated carbocycles. The first kappa shape index (κ1) is 13.5. The van der Waals surface area contributed by atoms with E-state index < -0.39 is 11.4 Å². The summed E-state index contributed by atoms with van der Waals surface area (Å²) in [5.74, 6) is -1.11. The standard InChI is InChI=1S/C14H18N2O3/c1-9-5-6-10(8-15-9)12(17)16-11-4-3-7-14(11,2)13(18)19/h5-6,8,11H,3-4,7H2,1-2H3,(H,16,17)(H,18,19). The van der Waals surface area contributed by atoms with Crippen molar-refractivity contribution in [2.45, 2.75) is 39.2 Å². The molecule has 1 aliphatic carbocycles. The van der Waals surface area contributed by atoms with Gasteiger partial charge in [0, 0.05) is 17.9 Å². The topological polar surface area (TPSA) is 79.3 Å². The molecule has 5 nitrogen and oxygen atoms in total. The third-order valence-electron chi connectivity index (χ3n) is 3.93. The zero-order valence-corrected chi connectivity index (χ0v) is 11.1. The maximum absolute atomic E-state index is 12.1. The molecule has 1 amide bonds. The molecular weight excluding hydrogens is 244 g/mol. The maximum Gasteiger partial charge on any atom is 0.311 e. The number of rotatable bonds is 3. The Morgan fingerprint density at radius 1 is 1.47 bits per heavy atom. The van der Waals surface area contributed by atoms with E-state index in [-0.39, 0.29) is 11.9 Å². The van der Waals surface area contributed by atoms with Crippen LogP contribution in [0.3, 0.4) is 0 Å². The highest BCUT2D eigenvalue weighted by atomic mass is 16.4. The number of carbonyl (C=O) groups is 2. The molecule has 0 aliphatic heterocycles. The second-order valence-corrected chi connectivity index (χ2v) is 5.33. The first-order valence-electron chi connectivity index (χ1n) is 6.40. The molecule has 0 aromatic carbocycles. The van der Waals surface area contributed by atoms with E-state index in [2.05, 4.69) is 10.3 Å². The summed E-state index contributed by atoms with van der Waals surface area (Å²) in [6, 6.07) is 3.14. The fraction of sp³-hybridized carbons (Fsp3) is 0.500. The zero-order valence-electron chi connectivity index (χ0n) is 11.1. The van der Waals surface area contributed by atoms with Crippen LogP contribution in [0.15, 0.2) is 18.3 Å². The number of nitrogens with zero attached hydrogens (tertiary/aromatic N) is 1. The minimum Gasteiger partial charge on any atom is -0.481 e. The molecular formula is C14H18N2O3. The summed E-state index contributed by atoms with van der Waals surface area (Å²) in [5.41, 5.74) is 0.436. The van der Waals surface area contributed by atoms with Crippen molar-refractivity contribution in [2.75, 3.05) is 0 Å². The second-order valence-electron chi connectivity index (χ2n) is 5.33. The second kappa shape index (κ2) is 4.99. The lowest BCUT2D eigenvalue weighted by molar-refractivity contribution is -0.148. The van der Waals surface area contributed by atoms with Crippen LogP contribution in [0, 0.1) is 12.3 Å². The molecule has 2 unspecified atom stereocenters. The van der Waals surface area contributed by atoms with Crippen molar-refractivity contribution in [1.82, 2.24) is 10.3 Å². The molecule has 1 aliphatic rings. The fourth-order valence-electron chi connectivity index (χ4n) is 2.50. The molecule has 0 saturated heterocycles. The molecule has 1 heterocycles. The average molecular weight is 262 g/mol. The summed E-state index contributed by atoms with van der Waals surface area (Å²) in [4.78, 5) is 27.5. The van der Waals surface area contributed by atoms with E-state index >= 15 is 0 Å². The monoisotopic (exact) mass is 262 g/mol. The van der Waals surface area contributed by atoms with Crippen LogP contribution < -0.4 is 5.32 Å².